The van der Waals surface area contributed by atoms with Gasteiger partial charge in [-0.25, -0.2) is 14.6 Å². The number of aliphatic carboxylic acids is 1. The number of thiazole rings is 1. The largest absolute Gasteiger partial charge is 0.481 e. The number of nitrogens with two attached hydrogens (primary N) is 1. The van der Waals surface area contributed by atoms with Gasteiger partial charge in [0.1, 0.15) is 41.5 Å². The highest BCUT2D eigenvalue weighted by atomic mass is 32.1. The number of unbranched alkanes of at least 4 members (excludes halogenated alkanes) is 2. The number of ether oxygens (including phenoxy) is 2. The fourth-order valence-corrected chi connectivity index (χ4v) is 11.1. The number of nitrogens with zero attached hydrogens (tertiary/aromatic N) is 3. The van der Waals surface area contributed by atoms with Crippen LogP contribution in [0.5, 0.6) is 0 Å². The number of carbonyl (C=O) groups excluding carboxylic acids is 9. The highest BCUT2D eigenvalue weighted by Crippen LogP contribution is 2.33. The average Bonchev–Trinajstić information content (AvgIpc) is 4.24. The van der Waals surface area contributed by atoms with Gasteiger partial charge in [-0.2, -0.15) is 0 Å². The van der Waals surface area contributed by atoms with E-state index in [2.05, 4.69) is 36.9 Å². The molecule has 0 aliphatic carbocycles. The summed E-state index contributed by atoms with van der Waals surface area (Å²) < 4.78 is 11.6. The molecule has 8 atom stereocenters. The maximum absolute atomic E-state index is 15.2. The molecule has 0 fully saturated rings. The van der Waals surface area contributed by atoms with Gasteiger partial charge in [0.2, 0.25) is 29.5 Å². The predicted octanol–water partition coefficient (Wildman–Crippen LogP) is 8.66. The molecule has 0 radical (unpaired) electrons. The van der Waals surface area contributed by atoms with Crippen molar-refractivity contribution in [2.24, 2.45) is 34.8 Å². The van der Waals surface area contributed by atoms with E-state index in [-0.39, 0.29) is 80.6 Å². The Hall–Kier alpha value is -7.63. The molecule has 0 bridgehead atoms. The zero-order chi connectivity index (χ0) is 66.7. The van der Waals surface area contributed by atoms with E-state index in [4.69, 9.17) is 15.2 Å². The van der Waals surface area contributed by atoms with Crippen LogP contribution in [-0.2, 0) is 56.1 Å². The minimum absolute atomic E-state index is 0.0555. The van der Waals surface area contributed by atoms with Crippen LogP contribution in [0, 0.1) is 29.1 Å². The van der Waals surface area contributed by atoms with Gasteiger partial charge in [-0.1, -0.05) is 131 Å². The minimum Gasteiger partial charge on any atom is -0.481 e. The van der Waals surface area contributed by atoms with Crippen LogP contribution in [0.3, 0.4) is 0 Å². The Labute approximate surface area is 529 Å². The molecule has 1 aromatic heterocycles. The van der Waals surface area contributed by atoms with E-state index in [1.54, 1.807) is 76.1 Å². The SMILES string of the molecule is CCCCCC(=O)N[C@H](C(=O)N[C@@H](CCCNC(N)=O)C(=O)Nc1ccc(COC(=O)N(C)[C@@H](C(=O)N[C@H](C(=O)N(CCC)[C@H](C[C@@H](OC(C)=O)c2nc(C(=O)N[C@@H](Cc3ccccc3)CC(C)(C)C(=O)O)cs2)C(C)C)[C@@H](C)CC)C(C)C)cc1)C(C)C. The number of amides is 9. The first kappa shape index (κ1) is 75.6. The van der Waals surface area contributed by atoms with E-state index in [1.807, 2.05) is 71.9 Å². The summed E-state index contributed by atoms with van der Waals surface area (Å²) in [5.41, 5.74) is 5.95. The Morgan fingerprint density at radius 1 is 0.753 bits per heavy atom. The normalized spacial score (nSPS) is 14.2. The molecule has 494 valence electrons. The number of carboxylic acid groups (broad SMARTS) is 1. The molecule has 9 N–H and O–H groups in total. The molecule has 0 saturated heterocycles. The fraction of sp³-hybridized carbons (Fsp3) is 0.615. The molecule has 24 heteroatoms. The van der Waals surface area contributed by atoms with E-state index in [0.29, 0.717) is 48.4 Å². The molecule has 23 nitrogen and oxygen atoms in total. The molecule has 0 saturated carbocycles. The summed E-state index contributed by atoms with van der Waals surface area (Å²) in [6.07, 6.45) is 3.04. The summed E-state index contributed by atoms with van der Waals surface area (Å²) in [7, 11) is 1.44. The first-order valence-corrected chi connectivity index (χ1v) is 32.1. The van der Waals surface area contributed by atoms with Gasteiger partial charge < -0.3 is 57.1 Å². The number of hydrogen-bond donors (Lipinski definition) is 8. The number of primary amides is 1. The van der Waals surface area contributed by atoms with Crippen molar-refractivity contribution in [3.8, 4) is 0 Å². The molecule has 0 unspecified atom stereocenters. The molecule has 3 aromatic rings. The summed E-state index contributed by atoms with van der Waals surface area (Å²) in [6, 6.07) is 9.94. The highest BCUT2D eigenvalue weighted by molar-refractivity contribution is 7.09. The number of likely N-dealkylation sites (N-methyl/N-ethyl adjacent to an activating group) is 1. The van der Waals surface area contributed by atoms with Crippen LogP contribution in [0.15, 0.2) is 60.0 Å². The number of hydrogen-bond acceptors (Lipinski definition) is 14. The third kappa shape index (κ3) is 25.1. The monoisotopic (exact) mass is 1260 g/mol. The lowest BCUT2D eigenvalue weighted by atomic mass is 9.84. The van der Waals surface area contributed by atoms with Crippen LogP contribution >= 0.6 is 11.3 Å². The van der Waals surface area contributed by atoms with Crippen molar-refractivity contribution >= 4 is 76.5 Å². The molecule has 3 rings (SSSR count). The van der Waals surface area contributed by atoms with Crippen LogP contribution in [0.1, 0.15) is 187 Å². The topological polar surface area (TPSA) is 327 Å². The van der Waals surface area contributed by atoms with Gasteiger partial charge in [0.15, 0.2) is 6.10 Å². The number of rotatable bonds is 38. The minimum atomic E-state index is -1.15. The van der Waals surface area contributed by atoms with Crippen molar-refractivity contribution in [3.05, 3.63) is 81.8 Å². The number of carbonyl (C=O) groups is 10. The molecule has 0 spiro atoms. The number of carboxylic acids is 1. The van der Waals surface area contributed by atoms with E-state index >= 15 is 4.79 Å². The number of nitrogens with one attached hydrogen (secondary N) is 6. The van der Waals surface area contributed by atoms with Crippen LogP contribution < -0.4 is 37.6 Å². The average molecular weight is 1260 g/mol. The lowest BCUT2D eigenvalue weighted by molar-refractivity contribution is -0.150. The van der Waals surface area contributed by atoms with Gasteiger partial charge in [0.25, 0.3) is 5.91 Å². The van der Waals surface area contributed by atoms with Gasteiger partial charge in [-0.15, -0.1) is 11.3 Å². The zero-order valence-corrected chi connectivity index (χ0v) is 55.5. The Morgan fingerprint density at radius 3 is 1.98 bits per heavy atom. The first-order valence-electron chi connectivity index (χ1n) is 31.2. The van der Waals surface area contributed by atoms with Crippen molar-refractivity contribution in [2.45, 2.75) is 210 Å². The summed E-state index contributed by atoms with van der Waals surface area (Å²) in [4.78, 5) is 141. The molecular weight excluding hydrogens is 1160 g/mol. The second kappa shape index (κ2) is 37.4. The summed E-state index contributed by atoms with van der Waals surface area (Å²) in [5.74, 6) is -5.74. The van der Waals surface area contributed by atoms with Crippen molar-refractivity contribution in [3.63, 3.8) is 0 Å². The maximum atomic E-state index is 15.2. The van der Waals surface area contributed by atoms with E-state index in [1.165, 1.54) is 18.9 Å². The quantitative estimate of drug-likeness (QED) is 0.0197. The van der Waals surface area contributed by atoms with Gasteiger partial charge in [0, 0.05) is 63.1 Å². The number of anilines is 1. The van der Waals surface area contributed by atoms with Crippen molar-refractivity contribution in [2.75, 3.05) is 25.5 Å². The molecule has 0 aliphatic rings. The summed E-state index contributed by atoms with van der Waals surface area (Å²) in [6.45, 7) is 23.4. The molecule has 2 aromatic carbocycles. The van der Waals surface area contributed by atoms with Crippen molar-refractivity contribution in [1.29, 1.82) is 0 Å². The van der Waals surface area contributed by atoms with Gasteiger partial charge in [0.05, 0.1) is 5.41 Å². The number of benzene rings is 2. The van der Waals surface area contributed by atoms with E-state index in [0.717, 1.165) is 29.7 Å². The van der Waals surface area contributed by atoms with Crippen molar-refractivity contribution < 1.29 is 62.5 Å². The standard InChI is InChI=1S/C65H100N10O13S/c1-15-18-20-27-52(77)72-53(40(6)7)58(80)70-48(26-23-32-67-63(66)85)56(78)68-46-30-28-45(29-31-46)37-87-64(86)74(14)55(41(8)9)59(81)73-54(42(10)17-3)61(82)75(33-16-2)50(39(4)5)35-51(88-43(11)76)60-71-49(38-89-60)57(79)69-47(36-65(12,13)62(83)84)34-44-24-21-19-22-25-44/h19,21-22,24-25,28-31,38-42,47-48,50-51,53-55H,15-18,20,23,26-27,32-37H2,1-14H3,(H,68,78)(H,69,79)(H,70,80)(H,72,77)(H,73,81)(H,83,84)(H3,66,67,85)/t42-,47-,48-,50+,51+,53-,54-,55+/m0/s1. The first-order chi connectivity index (χ1) is 41.9. The van der Waals surface area contributed by atoms with Crippen LogP contribution in [0.2, 0.25) is 0 Å². The lowest BCUT2D eigenvalue weighted by Crippen LogP contribution is -2.59. The number of urea groups is 1. The van der Waals surface area contributed by atoms with E-state index in [9.17, 15) is 48.3 Å². The van der Waals surface area contributed by atoms with Gasteiger partial charge in [-0.3, -0.25) is 43.3 Å². The predicted molar refractivity (Wildman–Crippen MR) is 342 cm³/mol. The molecule has 9 amide bonds. The van der Waals surface area contributed by atoms with E-state index < -0.39 is 101 Å². The molecule has 1 heterocycles. The third-order valence-electron chi connectivity index (χ3n) is 15.5. The second-order valence-electron chi connectivity index (χ2n) is 24.7. The number of esters is 1. The zero-order valence-electron chi connectivity index (χ0n) is 54.7. The highest BCUT2D eigenvalue weighted by Gasteiger charge is 2.40. The Morgan fingerprint density at radius 2 is 1.42 bits per heavy atom. The lowest BCUT2D eigenvalue weighted by Gasteiger charge is -2.40. The van der Waals surface area contributed by atoms with Gasteiger partial charge in [-0.05, 0) is 99.3 Å². The third-order valence-corrected chi connectivity index (χ3v) is 16.5. The molecule has 0 aliphatic heterocycles. The van der Waals surface area contributed by atoms with Crippen LogP contribution in [0.25, 0.3) is 0 Å². The summed E-state index contributed by atoms with van der Waals surface area (Å²) >= 11 is 1.12. The van der Waals surface area contributed by atoms with Crippen LogP contribution in [-0.4, -0.2) is 136 Å². The van der Waals surface area contributed by atoms with Crippen LogP contribution in [0.4, 0.5) is 15.3 Å². The maximum Gasteiger partial charge on any atom is 0.410 e. The van der Waals surface area contributed by atoms with Crippen molar-refractivity contribution in [1.82, 2.24) is 41.4 Å². The Bertz CT molecular complexity index is 2790. The second-order valence-corrected chi connectivity index (χ2v) is 25.5. The molecular formula is C65H100N10O13S. The fourth-order valence-electron chi connectivity index (χ4n) is 10.3. The molecule has 89 heavy (non-hydrogen) atoms. The Kier molecular flexibility index (Phi) is 31.8. The number of aromatic nitrogens is 1. The smallest absolute Gasteiger partial charge is 0.410 e. The summed E-state index contributed by atoms with van der Waals surface area (Å²) in [5, 5.41) is 28.7. The van der Waals surface area contributed by atoms with Gasteiger partial charge >= 0.3 is 24.1 Å². The Balaban J connectivity index is 1.80.